The van der Waals surface area contributed by atoms with Crippen LogP contribution in [-0.4, -0.2) is 47.5 Å². The van der Waals surface area contributed by atoms with E-state index in [-0.39, 0.29) is 29.3 Å². The molecule has 8 heteroatoms. The second-order valence-electron chi connectivity index (χ2n) is 6.68. The minimum atomic E-state index is -3.65. The van der Waals surface area contributed by atoms with E-state index in [1.165, 1.54) is 17.4 Å². The maximum atomic E-state index is 13.0. The Hall–Kier alpha value is -2.19. The number of aryl methyl sites for hydroxylation is 2. The Morgan fingerprint density at radius 3 is 2.54 bits per heavy atom. The van der Waals surface area contributed by atoms with Crippen LogP contribution in [0.15, 0.2) is 41.6 Å². The molecule has 2 atom stereocenters. The van der Waals surface area contributed by atoms with Crippen LogP contribution >= 0.6 is 0 Å². The van der Waals surface area contributed by atoms with Crippen LogP contribution < -0.4 is 5.32 Å². The van der Waals surface area contributed by atoms with E-state index in [0.29, 0.717) is 13.1 Å². The molecule has 140 valence electrons. The molecule has 0 aliphatic carbocycles. The second-order valence-corrected chi connectivity index (χ2v) is 8.62. The first kappa shape index (κ1) is 18.6. The Morgan fingerprint density at radius 2 is 1.96 bits per heavy atom. The molecular formula is C18H24N4O3S. The van der Waals surface area contributed by atoms with Crippen LogP contribution in [-0.2, 0) is 21.4 Å². The highest BCUT2D eigenvalue weighted by molar-refractivity contribution is 7.89. The van der Waals surface area contributed by atoms with Crippen LogP contribution in [0.3, 0.4) is 0 Å². The zero-order valence-corrected chi connectivity index (χ0v) is 16.0. The van der Waals surface area contributed by atoms with Gasteiger partial charge in [-0.2, -0.15) is 9.40 Å². The van der Waals surface area contributed by atoms with Gasteiger partial charge < -0.3 is 5.32 Å². The zero-order chi connectivity index (χ0) is 18.9. The lowest BCUT2D eigenvalue weighted by Gasteiger charge is -2.19. The summed E-state index contributed by atoms with van der Waals surface area (Å²) in [6.45, 7) is 6.54. The topological polar surface area (TPSA) is 84.3 Å². The number of nitrogens with zero attached hydrogens (tertiary/aromatic N) is 3. The predicted molar refractivity (Wildman–Crippen MR) is 98.2 cm³/mol. The fourth-order valence-electron chi connectivity index (χ4n) is 3.32. The van der Waals surface area contributed by atoms with E-state index in [1.54, 1.807) is 10.9 Å². The Labute approximate surface area is 154 Å². The van der Waals surface area contributed by atoms with Crippen molar-refractivity contribution in [3.63, 3.8) is 0 Å². The lowest BCUT2D eigenvalue weighted by atomic mass is 9.93. The Morgan fingerprint density at radius 1 is 1.27 bits per heavy atom. The third-order valence-electron chi connectivity index (χ3n) is 4.75. The number of benzene rings is 1. The Bertz CT molecular complexity index is 889. The van der Waals surface area contributed by atoms with Crippen molar-refractivity contribution in [3.05, 3.63) is 47.8 Å². The van der Waals surface area contributed by atoms with Crippen LogP contribution in [0.5, 0.6) is 0 Å². The first-order chi connectivity index (χ1) is 12.3. The van der Waals surface area contributed by atoms with Gasteiger partial charge in [-0.05, 0) is 19.4 Å². The van der Waals surface area contributed by atoms with Gasteiger partial charge in [0.1, 0.15) is 4.90 Å². The molecule has 26 heavy (non-hydrogen) atoms. The van der Waals surface area contributed by atoms with Gasteiger partial charge in [0.15, 0.2) is 0 Å². The van der Waals surface area contributed by atoms with Gasteiger partial charge in [0, 0.05) is 38.7 Å². The largest absolute Gasteiger partial charge is 0.352 e. The maximum Gasteiger partial charge on any atom is 0.246 e. The number of hydrogen-bond donors (Lipinski definition) is 1. The number of aromatic nitrogens is 2. The van der Waals surface area contributed by atoms with Crippen LogP contribution in [0.4, 0.5) is 0 Å². The summed E-state index contributed by atoms with van der Waals surface area (Å²) in [6, 6.07) is 7.75. The first-order valence-electron chi connectivity index (χ1n) is 8.67. The molecule has 0 spiro atoms. The monoisotopic (exact) mass is 376 g/mol. The zero-order valence-electron chi connectivity index (χ0n) is 15.2. The lowest BCUT2D eigenvalue weighted by Crippen LogP contribution is -2.39. The van der Waals surface area contributed by atoms with Crippen molar-refractivity contribution in [2.75, 3.05) is 13.1 Å². The van der Waals surface area contributed by atoms with Crippen LogP contribution in [0.1, 0.15) is 30.9 Å². The highest BCUT2D eigenvalue weighted by Gasteiger charge is 2.40. The fourth-order valence-corrected chi connectivity index (χ4v) is 4.77. The number of carbonyl (C=O) groups is 1. The summed E-state index contributed by atoms with van der Waals surface area (Å²) in [5.74, 6) is -0.249. The molecule has 1 aromatic heterocycles. The molecule has 1 aliphatic heterocycles. The molecule has 1 fully saturated rings. The molecule has 0 saturated carbocycles. The number of rotatable bonds is 5. The molecule has 3 rings (SSSR count). The van der Waals surface area contributed by atoms with Gasteiger partial charge in [-0.3, -0.25) is 9.48 Å². The lowest BCUT2D eigenvalue weighted by molar-refractivity contribution is -0.119. The van der Waals surface area contributed by atoms with Gasteiger partial charge in [-0.25, -0.2) is 8.42 Å². The highest BCUT2D eigenvalue weighted by atomic mass is 32.2. The minimum Gasteiger partial charge on any atom is -0.352 e. The normalized spacial score (nSPS) is 21.0. The van der Waals surface area contributed by atoms with Gasteiger partial charge in [0.25, 0.3) is 0 Å². The molecule has 1 N–H and O–H groups in total. The Balaban J connectivity index is 1.89. The molecule has 1 aromatic carbocycles. The predicted octanol–water partition coefficient (Wildman–Crippen LogP) is 1.50. The van der Waals surface area contributed by atoms with Crippen LogP contribution in [0.2, 0.25) is 0 Å². The van der Waals surface area contributed by atoms with Gasteiger partial charge >= 0.3 is 0 Å². The Kier molecular flexibility index (Phi) is 5.15. The van der Waals surface area contributed by atoms with Gasteiger partial charge in [-0.15, -0.1) is 0 Å². The quantitative estimate of drug-likeness (QED) is 0.857. The summed E-state index contributed by atoms with van der Waals surface area (Å²) < 4.78 is 29.0. The van der Waals surface area contributed by atoms with Crippen LogP contribution in [0, 0.1) is 6.92 Å². The van der Waals surface area contributed by atoms with Crippen molar-refractivity contribution in [2.45, 2.75) is 44.2 Å². The maximum absolute atomic E-state index is 13.0. The second kappa shape index (κ2) is 7.20. The van der Waals surface area contributed by atoms with Crippen molar-refractivity contribution < 1.29 is 13.2 Å². The van der Waals surface area contributed by atoms with Gasteiger partial charge in [0.2, 0.25) is 15.9 Å². The van der Waals surface area contributed by atoms with E-state index in [9.17, 15) is 13.2 Å². The van der Waals surface area contributed by atoms with E-state index in [1.807, 2.05) is 38.1 Å². The molecule has 0 radical (unpaired) electrons. The standard InChI is InChI=1S/C18H24N4O3S/c1-4-21-10-16(9-19-21)26(24,25)22-11-17(18(12-22)20-14(3)23)15-7-5-13(2)6-8-15/h5-10,17-18H,4,11-12H2,1-3H3,(H,20,23)/t17-,18+/m0/s1. The number of sulfonamides is 1. The van der Waals surface area contributed by atoms with Gasteiger partial charge in [-0.1, -0.05) is 29.8 Å². The van der Waals surface area contributed by atoms with E-state index < -0.39 is 10.0 Å². The summed E-state index contributed by atoms with van der Waals surface area (Å²) in [6.07, 6.45) is 2.92. The third-order valence-corrected chi connectivity index (χ3v) is 6.54. The number of carbonyl (C=O) groups excluding carboxylic acids is 1. The third kappa shape index (κ3) is 3.66. The average Bonchev–Trinajstić information content (AvgIpc) is 3.23. The van der Waals surface area contributed by atoms with Crippen molar-refractivity contribution >= 4 is 15.9 Å². The molecule has 7 nitrogen and oxygen atoms in total. The minimum absolute atomic E-state index is 0.0875. The van der Waals surface area contributed by atoms with Crippen molar-refractivity contribution in [2.24, 2.45) is 0 Å². The number of hydrogen-bond acceptors (Lipinski definition) is 4. The van der Waals surface area contributed by atoms with E-state index in [0.717, 1.165) is 11.1 Å². The SMILES string of the molecule is CCn1cc(S(=O)(=O)N2C[C@@H](NC(C)=O)[C@H](c3ccc(C)cc3)C2)cn1. The van der Waals surface area contributed by atoms with E-state index in [2.05, 4.69) is 10.4 Å². The molecular weight excluding hydrogens is 352 g/mol. The molecule has 1 saturated heterocycles. The number of amides is 1. The smallest absolute Gasteiger partial charge is 0.246 e. The molecule has 1 aliphatic rings. The van der Waals surface area contributed by atoms with E-state index in [4.69, 9.17) is 0 Å². The first-order valence-corrected chi connectivity index (χ1v) is 10.1. The molecule has 2 heterocycles. The van der Waals surface area contributed by atoms with Crippen LogP contribution in [0.25, 0.3) is 0 Å². The van der Waals surface area contributed by atoms with Crippen molar-refractivity contribution in [1.29, 1.82) is 0 Å². The van der Waals surface area contributed by atoms with E-state index >= 15 is 0 Å². The average molecular weight is 376 g/mol. The summed E-state index contributed by atoms with van der Waals surface area (Å²) >= 11 is 0. The summed E-state index contributed by atoms with van der Waals surface area (Å²) in [5, 5.41) is 6.98. The summed E-state index contributed by atoms with van der Waals surface area (Å²) in [7, 11) is -3.65. The molecule has 0 bridgehead atoms. The number of nitrogens with one attached hydrogen (secondary N) is 1. The molecule has 2 aromatic rings. The highest BCUT2D eigenvalue weighted by Crippen LogP contribution is 2.31. The molecule has 0 unspecified atom stereocenters. The summed E-state index contributed by atoms with van der Waals surface area (Å²) in [5.41, 5.74) is 2.16. The molecule has 1 amide bonds. The van der Waals surface area contributed by atoms with Crippen molar-refractivity contribution in [1.82, 2.24) is 19.4 Å². The van der Waals surface area contributed by atoms with Gasteiger partial charge in [0.05, 0.1) is 12.2 Å². The van der Waals surface area contributed by atoms with Crippen molar-refractivity contribution in [3.8, 4) is 0 Å². The summed E-state index contributed by atoms with van der Waals surface area (Å²) in [4.78, 5) is 11.8. The fraction of sp³-hybridized carbons (Fsp3) is 0.444.